The zero-order chi connectivity index (χ0) is 23.4. The number of anilines is 2. The molecule has 168 valence electrons. The summed E-state index contributed by atoms with van der Waals surface area (Å²) >= 11 is 3.40. The fraction of sp³-hybridized carbons (Fsp3) is 0.227. The Hall–Kier alpha value is -3.40. The summed E-state index contributed by atoms with van der Waals surface area (Å²) in [5.41, 5.74) is 7.64. The van der Waals surface area contributed by atoms with Gasteiger partial charge in [0.15, 0.2) is 0 Å². The van der Waals surface area contributed by atoms with Crippen LogP contribution in [0.1, 0.15) is 28.4 Å². The second-order valence-electron chi connectivity index (χ2n) is 7.09. The van der Waals surface area contributed by atoms with Gasteiger partial charge in [0.25, 0.3) is 0 Å². The van der Waals surface area contributed by atoms with Gasteiger partial charge in [-0.1, -0.05) is 15.9 Å². The molecule has 8 nitrogen and oxygen atoms in total. The third kappa shape index (κ3) is 5.44. The van der Waals surface area contributed by atoms with Crippen molar-refractivity contribution >= 4 is 55.8 Å². The molecule has 0 spiro atoms. The van der Waals surface area contributed by atoms with E-state index in [0.29, 0.717) is 21.4 Å². The standard InChI is InChI=1S/C22H21BrFN3O5/c1-12(28)26-10-18-11-27(22(30)32-18)17-4-3-13(20(24)9-17)8-19(23)14-5-15(21(29)31-2)7-16(25)6-14/h3-9,18H,10-11,25H2,1-2H3,(H,26,28)/b19-8-/t18-/m0/s1. The number of nitrogens with zero attached hydrogens (tertiary/aromatic N) is 1. The lowest BCUT2D eigenvalue weighted by Gasteiger charge is -2.14. The molecule has 1 saturated heterocycles. The molecule has 32 heavy (non-hydrogen) atoms. The number of hydrogen-bond acceptors (Lipinski definition) is 6. The van der Waals surface area contributed by atoms with Crippen molar-refractivity contribution in [3.05, 3.63) is 58.9 Å². The summed E-state index contributed by atoms with van der Waals surface area (Å²) in [5.74, 6) is -1.33. The molecule has 3 N–H and O–H groups in total. The van der Waals surface area contributed by atoms with Crippen molar-refractivity contribution in [3.63, 3.8) is 0 Å². The number of carbonyl (C=O) groups excluding carboxylic acids is 3. The van der Waals surface area contributed by atoms with Crippen LogP contribution in [-0.4, -0.2) is 44.3 Å². The van der Waals surface area contributed by atoms with E-state index in [0.717, 1.165) is 0 Å². The largest absolute Gasteiger partial charge is 0.465 e. The second kappa shape index (κ2) is 9.82. The van der Waals surface area contributed by atoms with Gasteiger partial charge in [0.05, 0.1) is 31.5 Å². The molecular weight excluding hydrogens is 485 g/mol. The highest BCUT2D eigenvalue weighted by atomic mass is 79.9. The Morgan fingerprint density at radius 3 is 2.69 bits per heavy atom. The lowest BCUT2D eigenvalue weighted by Crippen LogP contribution is -2.33. The highest BCUT2D eigenvalue weighted by Crippen LogP contribution is 2.30. The summed E-state index contributed by atoms with van der Waals surface area (Å²) in [4.78, 5) is 36.3. The Morgan fingerprint density at radius 2 is 2.03 bits per heavy atom. The van der Waals surface area contributed by atoms with Crippen molar-refractivity contribution < 1.29 is 28.2 Å². The molecule has 3 rings (SSSR count). The lowest BCUT2D eigenvalue weighted by atomic mass is 10.1. The first-order valence-electron chi connectivity index (χ1n) is 9.56. The van der Waals surface area contributed by atoms with Crippen molar-refractivity contribution in [1.82, 2.24) is 5.32 Å². The number of nitrogens with two attached hydrogens (primary N) is 1. The number of carbonyl (C=O) groups is 3. The number of halogens is 2. The highest BCUT2D eigenvalue weighted by Gasteiger charge is 2.32. The Kier molecular flexibility index (Phi) is 7.14. The second-order valence-corrected chi connectivity index (χ2v) is 7.94. The van der Waals surface area contributed by atoms with E-state index in [-0.39, 0.29) is 30.1 Å². The van der Waals surface area contributed by atoms with Gasteiger partial charge in [-0.25, -0.2) is 14.0 Å². The number of esters is 1. The molecule has 0 radical (unpaired) electrons. The Balaban J connectivity index is 1.80. The molecule has 1 heterocycles. The van der Waals surface area contributed by atoms with Crippen LogP contribution < -0.4 is 16.0 Å². The van der Waals surface area contributed by atoms with Gasteiger partial charge >= 0.3 is 12.1 Å². The molecule has 1 aliphatic heterocycles. The predicted octanol–water partition coefficient (Wildman–Crippen LogP) is 3.55. The molecule has 0 bridgehead atoms. The van der Waals surface area contributed by atoms with E-state index >= 15 is 0 Å². The van der Waals surface area contributed by atoms with Crippen molar-refractivity contribution in [3.8, 4) is 0 Å². The Morgan fingerprint density at radius 1 is 1.31 bits per heavy atom. The summed E-state index contributed by atoms with van der Waals surface area (Å²) in [7, 11) is 1.27. The number of nitrogen functional groups attached to an aromatic ring is 1. The molecule has 1 aliphatic rings. The Labute approximate surface area is 192 Å². The van der Waals surface area contributed by atoms with E-state index in [4.69, 9.17) is 15.2 Å². The molecule has 0 unspecified atom stereocenters. The molecular formula is C22H21BrFN3O5. The fourth-order valence-corrected chi connectivity index (χ4v) is 3.62. The third-order valence-electron chi connectivity index (χ3n) is 4.68. The minimum Gasteiger partial charge on any atom is -0.465 e. The van der Waals surface area contributed by atoms with Crippen LogP contribution in [0.5, 0.6) is 0 Å². The monoisotopic (exact) mass is 505 g/mol. The summed E-state index contributed by atoms with van der Waals surface area (Å²) < 4.78 is 25.2. The average molecular weight is 506 g/mol. The van der Waals surface area contributed by atoms with Crippen molar-refractivity contribution in [1.29, 1.82) is 0 Å². The van der Waals surface area contributed by atoms with E-state index in [1.807, 2.05) is 0 Å². The van der Waals surface area contributed by atoms with E-state index < -0.39 is 24.0 Å². The molecule has 2 aromatic carbocycles. The number of nitrogens with one attached hydrogen (secondary N) is 1. The zero-order valence-electron chi connectivity index (χ0n) is 17.4. The van der Waals surface area contributed by atoms with E-state index in [1.54, 1.807) is 18.2 Å². The lowest BCUT2D eigenvalue weighted by molar-refractivity contribution is -0.119. The summed E-state index contributed by atoms with van der Waals surface area (Å²) in [6.45, 7) is 1.74. The maximum absolute atomic E-state index is 14.8. The summed E-state index contributed by atoms with van der Waals surface area (Å²) in [6.07, 6.45) is 0.409. The number of rotatable bonds is 6. The van der Waals surface area contributed by atoms with Gasteiger partial charge in [0, 0.05) is 22.7 Å². The first-order chi connectivity index (χ1) is 15.2. The predicted molar refractivity (Wildman–Crippen MR) is 122 cm³/mol. The summed E-state index contributed by atoms with van der Waals surface area (Å²) in [6, 6.07) is 9.04. The van der Waals surface area contributed by atoms with Crippen LogP contribution in [0.25, 0.3) is 10.6 Å². The van der Waals surface area contributed by atoms with Crippen LogP contribution >= 0.6 is 15.9 Å². The van der Waals surface area contributed by atoms with Gasteiger partial charge in [0.1, 0.15) is 11.9 Å². The minimum atomic E-state index is -0.612. The molecule has 2 aromatic rings. The number of amides is 2. The maximum Gasteiger partial charge on any atom is 0.414 e. The molecule has 1 atom stereocenters. The SMILES string of the molecule is COC(=O)c1cc(N)cc(/C(Br)=C/c2ccc(N3C[C@H](CNC(C)=O)OC3=O)cc2F)c1. The van der Waals surface area contributed by atoms with Crippen LogP contribution in [0.15, 0.2) is 36.4 Å². The first-order valence-corrected chi connectivity index (χ1v) is 10.4. The molecule has 0 saturated carbocycles. The van der Waals surface area contributed by atoms with E-state index in [9.17, 15) is 18.8 Å². The van der Waals surface area contributed by atoms with Crippen LogP contribution in [0.3, 0.4) is 0 Å². The van der Waals surface area contributed by atoms with Gasteiger partial charge in [-0.3, -0.25) is 9.69 Å². The third-order valence-corrected chi connectivity index (χ3v) is 5.37. The van der Waals surface area contributed by atoms with Crippen LogP contribution in [0.4, 0.5) is 20.6 Å². The van der Waals surface area contributed by atoms with Gasteiger partial charge < -0.3 is 20.5 Å². The normalized spacial score (nSPS) is 16.0. The smallest absolute Gasteiger partial charge is 0.414 e. The molecule has 2 amide bonds. The number of cyclic esters (lactones) is 1. The quantitative estimate of drug-likeness (QED) is 0.352. The number of benzene rings is 2. The number of hydrogen-bond donors (Lipinski definition) is 2. The van der Waals surface area contributed by atoms with E-state index in [2.05, 4.69) is 21.2 Å². The van der Waals surface area contributed by atoms with Crippen LogP contribution in [0, 0.1) is 5.82 Å². The molecule has 1 fully saturated rings. The average Bonchev–Trinajstić information content (AvgIpc) is 3.13. The van der Waals surface area contributed by atoms with Gasteiger partial charge in [-0.15, -0.1) is 0 Å². The van der Waals surface area contributed by atoms with Gasteiger partial charge in [-0.2, -0.15) is 0 Å². The fourth-order valence-electron chi connectivity index (χ4n) is 3.14. The number of methoxy groups -OCH3 is 1. The van der Waals surface area contributed by atoms with E-state index in [1.165, 1.54) is 43.2 Å². The highest BCUT2D eigenvalue weighted by molar-refractivity contribution is 9.15. The topological polar surface area (TPSA) is 111 Å². The van der Waals surface area contributed by atoms with Crippen molar-refractivity contribution in [2.75, 3.05) is 30.8 Å². The van der Waals surface area contributed by atoms with Crippen LogP contribution in [-0.2, 0) is 14.3 Å². The molecule has 0 aromatic heterocycles. The van der Waals surface area contributed by atoms with Crippen molar-refractivity contribution in [2.45, 2.75) is 13.0 Å². The van der Waals surface area contributed by atoms with Crippen molar-refractivity contribution in [2.24, 2.45) is 0 Å². The molecule has 0 aliphatic carbocycles. The number of ether oxygens (including phenoxy) is 2. The minimum absolute atomic E-state index is 0.182. The maximum atomic E-state index is 14.8. The first kappa shape index (κ1) is 23.3. The Bertz CT molecular complexity index is 1100. The molecule has 10 heteroatoms. The van der Waals surface area contributed by atoms with Gasteiger partial charge in [0.2, 0.25) is 5.91 Å². The van der Waals surface area contributed by atoms with Crippen LogP contribution in [0.2, 0.25) is 0 Å². The van der Waals surface area contributed by atoms with Gasteiger partial charge in [-0.05, 0) is 48.0 Å². The zero-order valence-corrected chi connectivity index (χ0v) is 18.9. The summed E-state index contributed by atoms with van der Waals surface area (Å²) in [5, 5.41) is 2.59.